The average molecular weight is 274 g/mol. The summed E-state index contributed by atoms with van der Waals surface area (Å²) < 4.78 is 7.08. The Morgan fingerprint density at radius 3 is 2.85 bits per heavy atom. The number of nitrogens with zero attached hydrogens (tertiary/aromatic N) is 6. The van der Waals surface area contributed by atoms with Gasteiger partial charge in [0.1, 0.15) is 24.1 Å². The van der Waals surface area contributed by atoms with E-state index in [0.29, 0.717) is 12.4 Å². The molecule has 0 aromatic carbocycles. The molecule has 0 N–H and O–H groups in total. The molecule has 0 amide bonds. The summed E-state index contributed by atoms with van der Waals surface area (Å²) in [5.41, 5.74) is 0.949. The molecule has 0 saturated carbocycles. The summed E-state index contributed by atoms with van der Waals surface area (Å²) in [5.74, 6) is 3.45. The van der Waals surface area contributed by atoms with Crippen LogP contribution in [0.1, 0.15) is 23.2 Å². The van der Waals surface area contributed by atoms with Crippen LogP contribution in [0.4, 0.5) is 5.82 Å². The Balaban J connectivity index is 1.87. The Hall–Kier alpha value is -2.02. The van der Waals surface area contributed by atoms with Crippen molar-refractivity contribution in [2.45, 2.75) is 33.5 Å². The van der Waals surface area contributed by atoms with Crippen molar-refractivity contribution in [1.29, 1.82) is 0 Å². The highest BCUT2D eigenvalue weighted by molar-refractivity contribution is 5.40. The van der Waals surface area contributed by atoms with Crippen molar-refractivity contribution >= 4 is 5.82 Å². The summed E-state index contributed by atoms with van der Waals surface area (Å²) in [7, 11) is 1.65. The minimum absolute atomic E-state index is 0.428. The molecule has 0 aliphatic carbocycles. The van der Waals surface area contributed by atoms with Gasteiger partial charge in [-0.25, -0.2) is 19.6 Å². The lowest BCUT2D eigenvalue weighted by molar-refractivity contribution is 0.177. The van der Waals surface area contributed by atoms with Gasteiger partial charge in [-0.2, -0.15) is 5.10 Å². The molecular formula is C13H18N6O. The Kier molecular flexibility index (Phi) is 3.35. The number of ether oxygens (including phenoxy) is 1. The summed E-state index contributed by atoms with van der Waals surface area (Å²) >= 11 is 0. The van der Waals surface area contributed by atoms with E-state index < -0.39 is 0 Å². The van der Waals surface area contributed by atoms with Crippen molar-refractivity contribution in [1.82, 2.24) is 24.7 Å². The predicted molar refractivity (Wildman–Crippen MR) is 73.3 cm³/mol. The molecule has 0 spiro atoms. The molecule has 2 aromatic heterocycles. The maximum Gasteiger partial charge on any atom is 0.156 e. The van der Waals surface area contributed by atoms with Crippen LogP contribution >= 0.6 is 0 Å². The number of hydrogen-bond donors (Lipinski definition) is 0. The number of aryl methyl sites for hydroxylation is 2. The lowest BCUT2D eigenvalue weighted by atomic mass is 10.3. The summed E-state index contributed by atoms with van der Waals surface area (Å²) in [4.78, 5) is 15.6. The first kappa shape index (κ1) is 13.0. The first-order valence-corrected chi connectivity index (χ1v) is 6.64. The van der Waals surface area contributed by atoms with Crippen molar-refractivity contribution < 1.29 is 4.74 Å². The zero-order valence-corrected chi connectivity index (χ0v) is 12.0. The van der Waals surface area contributed by atoms with Crippen molar-refractivity contribution in [2.75, 3.05) is 18.6 Å². The van der Waals surface area contributed by atoms with E-state index in [1.807, 2.05) is 24.6 Å². The smallest absolute Gasteiger partial charge is 0.156 e. The van der Waals surface area contributed by atoms with Crippen LogP contribution in [0.25, 0.3) is 0 Å². The maximum atomic E-state index is 5.11. The highest BCUT2D eigenvalue weighted by Crippen LogP contribution is 2.19. The first-order valence-electron chi connectivity index (χ1n) is 6.64. The molecule has 3 rings (SSSR count). The largest absolute Gasteiger partial charge is 0.377 e. The van der Waals surface area contributed by atoms with E-state index in [1.54, 1.807) is 7.11 Å². The summed E-state index contributed by atoms with van der Waals surface area (Å²) in [5, 5.41) is 4.37. The van der Waals surface area contributed by atoms with Gasteiger partial charge in [0.2, 0.25) is 0 Å². The Morgan fingerprint density at radius 2 is 2.05 bits per heavy atom. The molecule has 7 heteroatoms. The SMILES string of the molecule is COCc1nc(C)cc(N2CCn3nc(C)nc3C2)n1. The topological polar surface area (TPSA) is 69.0 Å². The second kappa shape index (κ2) is 5.16. The first-order chi connectivity index (χ1) is 9.65. The van der Waals surface area contributed by atoms with E-state index in [4.69, 9.17) is 4.74 Å². The second-order valence-electron chi connectivity index (χ2n) is 4.94. The Bertz CT molecular complexity index is 623. The molecule has 0 unspecified atom stereocenters. The van der Waals surface area contributed by atoms with Crippen LogP contribution in [-0.4, -0.2) is 38.4 Å². The van der Waals surface area contributed by atoms with E-state index >= 15 is 0 Å². The lowest BCUT2D eigenvalue weighted by Gasteiger charge is -2.28. The van der Waals surface area contributed by atoms with Gasteiger partial charge in [-0.05, 0) is 13.8 Å². The Morgan fingerprint density at radius 1 is 1.20 bits per heavy atom. The van der Waals surface area contributed by atoms with Gasteiger partial charge in [-0.15, -0.1) is 0 Å². The molecule has 3 heterocycles. The predicted octanol–water partition coefficient (Wildman–Crippen LogP) is 0.852. The van der Waals surface area contributed by atoms with E-state index in [2.05, 4.69) is 25.0 Å². The molecule has 0 fully saturated rings. The minimum atomic E-state index is 0.428. The fraction of sp³-hybridized carbons (Fsp3) is 0.538. The molecule has 1 aliphatic heterocycles. The second-order valence-corrected chi connectivity index (χ2v) is 4.94. The van der Waals surface area contributed by atoms with Gasteiger partial charge in [0.05, 0.1) is 13.1 Å². The summed E-state index contributed by atoms with van der Waals surface area (Å²) in [6.07, 6.45) is 0. The number of methoxy groups -OCH3 is 1. The molecule has 106 valence electrons. The fourth-order valence-electron chi connectivity index (χ4n) is 2.42. The van der Waals surface area contributed by atoms with E-state index in [9.17, 15) is 0 Å². The van der Waals surface area contributed by atoms with Crippen LogP contribution in [0.5, 0.6) is 0 Å². The van der Waals surface area contributed by atoms with E-state index in [-0.39, 0.29) is 0 Å². The number of aromatic nitrogens is 5. The van der Waals surface area contributed by atoms with Crippen LogP contribution in [0.3, 0.4) is 0 Å². The summed E-state index contributed by atoms with van der Waals surface area (Å²) in [6.45, 7) is 6.75. The number of hydrogen-bond acceptors (Lipinski definition) is 6. The van der Waals surface area contributed by atoms with Crippen LogP contribution in [0.15, 0.2) is 6.07 Å². The van der Waals surface area contributed by atoms with Crippen molar-refractivity contribution in [3.05, 3.63) is 29.2 Å². The third-order valence-corrected chi connectivity index (χ3v) is 3.25. The van der Waals surface area contributed by atoms with Crippen LogP contribution in [-0.2, 0) is 24.4 Å². The van der Waals surface area contributed by atoms with Gasteiger partial charge in [0.25, 0.3) is 0 Å². The van der Waals surface area contributed by atoms with Gasteiger partial charge >= 0.3 is 0 Å². The molecule has 7 nitrogen and oxygen atoms in total. The monoisotopic (exact) mass is 274 g/mol. The molecule has 0 radical (unpaired) electrons. The van der Waals surface area contributed by atoms with Gasteiger partial charge in [-0.3, -0.25) is 0 Å². The van der Waals surface area contributed by atoms with Crippen molar-refractivity contribution in [3.8, 4) is 0 Å². The third kappa shape index (κ3) is 2.49. The zero-order chi connectivity index (χ0) is 14.1. The van der Waals surface area contributed by atoms with E-state index in [0.717, 1.165) is 42.8 Å². The molecular weight excluding hydrogens is 256 g/mol. The minimum Gasteiger partial charge on any atom is -0.377 e. The molecule has 2 aromatic rings. The number of rotatable bonds is 3. The Labute approximate surface area is 117 Å². The maximum absolute atomic E-state index is 5.11. The fourth-order valence-corrected chi connectivity index (χ4v) is 2.42. The van der Waals surface area contributed by atoms with Crippen LogP contribution in [0, 0.1) is 13.8 Å². The number of anilines is 1. The van der Waals surface area contributed by atoms with Crippen molar-refractivity contribution in [2.24, 2.45) is 0 Å². The molecule has 0 saturated heterocycles. The van der Waals surface area contributed by atoms with E-state index in [1.165, 1.54) is 0 Å². The molecule has 20 heavy (non-hydrogen) atoms. The van der Waals surface area contributed by atoms with Gasteiger partial charge < -0.3 is 9.64 Å². The normalized spacial score (nSPS) is 14.4. The lowest BCUT2D eigenvalue weighted by Crippen LogP contribution is -2.35. The zero-order valence-electron chi connectivity index (χ0n) is 12.0. The number of fused-ring (bicyclic) bond motifs is 1. The van der Waals surface area contributed by atoms with Gasteiger partial charge in [0.15, 0.2) is 5.82 Å². The summed E-state index contributed by atoms with van der Waals surface area (Å²) in [6, 6.07) is 2.00. The highest BCUT2D eigenvalue weighted by Gasteiger charge is 2.20. The van der Waals surface area contributed by atoms with Crippen LogP contribution < -0.4 is 4.90 Å². The van der Waals surface area contributed by atoms with Gasteiger partial charge in [-0.1, -0.05) is 0 Å². The van der Waals surface area contributed by atoms with Gasteiger partial charge in [0, 0.05) is 25.4 Å². The van der Waals surface area contributed by atoms with Crippen molar-refractivity contribution in [3.63, 3.8) is 0 Å². The highest BCUT2D eigenvalue weighted by atomic mass is 16.5. The average Bonchev–Trinajstić information content (AvgIpc) is 2.77. The quantitative estimate of drug-likeness (QED) is 0.826. The standard InChI is InChI=1S/C13H18N6O/c1-9-6-12(16-11(14-9)8-20-3)18-4-5-19-13(7-18)15-10(2)17-19/h6H,4-5,7-8H2,1-3H3. The molecule has 0 atom stereocenters. The van der Waals surface area contributed by atoms with Crippen LogP contribution in [0.2, 0.25) is 0 Å². The molecule has 0 bridgehead atoms. The molecule has 1 aliphatic rings. The third-order valence-electron chi connectivity index (χ3n) is 3.25.